The van der Waals surface area contributed by atoms with Crippen molar-refractivity contribution in [1.29, 1.82) is 0 Å². The van der Waals surface area contributed by atoms with Gasteiger partial charge in [0.05, 0.1) is 6.04 Å². The maximum absolute atomic E-state index is 12.2. The topological polar surface area (TPSA) is 35.6 Å². The van der Waals surface area contributed by atoms with Crippen molar-refractivity contribution in [2.45, 2.75) is 50.6 Å². The average molecular weight is 362 g/mol. The number of hydrogen-bond acceptors (Lipinski definition) is 4. The maximum Gasteiger partial charge on any atom is 0.237 e. The van der Waals surface area contributed by atoms with Gasteiger partial charge in [-0.05, 0) is 56.9 Å². The second-order valence-electron chi connectivity index (χ2n) is 7.43. The van der Waals surface area contributed by atoms with Crippen LogP contribution in [0.2, 0.25) is 0 Å². The second-order valence-corrected chi connectivity index (χ2v) is 8.60. The first kappa shape index (κ1) is 18.7. The van der Waals surface area contributed by atoms with Crippen LogP contribution in [0.5, 0.6) is 0 Å². The van der Waals surface area contributed by atoms with E-state index in [1.807, 2.05) is 18.7 Å². The highest BCUT2D eigenvalue weighted by Gasteiger charge is 2.29. The SMILES string of the molecule is Cc1ccc(SCCN2CCN([C@@H](C)C(=O)NC3CC3)CC2)cc1C. The van der Waals surface area contributed by atoms with Crippen LogP contribution < -0.4 is 5.32 Å². The molecule has 1 N–H and O–H groups in total. The molecule has 1 amide bonds. The maximum atomic E-state index is 12.2. The molecular formula is C20H31N3OS. The number of nitrogens with one attached hydrogen (secondary N) is 1. The van der Waals surface area contributed by atoms with Gasteiger partial charge in [0.1, 0.15) is 0 Å². The Morgan fingerprint density at radius 2 is 1.92 bits per heavy atom. The van der Waals surface area contributed by atoms with E-state index in [9.17, 15) is 4.79 Å². The fourth-order valence-corrected chi connectivity index (χ4v) is 4.20. The van der Waals surface area contributed by atoms with Gasteiger partial charge in [0.25, 0.3) is 0 Å². The summed E-state index contributed by atoms with van der Waals surface area (Å²) in [6.07, 6.45) is 2.31. The van der Waals surface area contributed by atoms with Crippen LogP contribution >= 0.6 is 11.8 Å². The van der Waals surface area contributed by atoms with Gasteiger partial charge in [-0.15, -0.1) is 11.8 Å². The molecule has 1 saturated heterocycles. The summed E-state index contributed by atoms with van der Waals surface area (Å²) < 4.78 is 0. The van der Waals surface area contributed by atoms with E-state index < -0.39 is 0 Å². The molecule has 1 aliphatic carbocycles. The monoisotopic (exact) mass is 361 g/mol. The van der Waals surface area contributed by atoms with Gasteiger partial charge in [0, 0.05) is 49.4 Å². The first-order valence-corrected chi connectivity index (χ1v) is 10.5. The molecule has 1 heterocycles. The number of thioether (sulfide) groups is 1. The van der Waals surface area contributed by atoms with E-state index in [0.29, 0.717) is 6.04 Å². The summed E-state index contributed by atoms with van der Waals surface area (Å²) in [6, 6.07) is 7.19. The number of benzene rings is 1. The summed E-state index contributed by atoms with van der Waals surface area (Å²) >= 11 is 1.94. The van der Waals surface area contributed by atoms with Gasteiger partial charge in [-0.2, -0.15) is 0 Å². The number of piperazine rings is 1. The number of aryl methyl sites for hydroxylation is 2. The number of rotatable bonds is 7. The van der Waals surface area contributed by atoms with E-state index in [2.05, 4.69) is 47.2 Å². The Balaban J connectivity index is 1.35. The normalized spacial score (nSPS) is 20.4. The molecule has 1 aromatic rings. The molecular weight excluding hydrogens is 330 g/mol. The Bertz CT molecular complexity index is 595. The molecule has 0 spiro atoms. The summed E-state index contributed by atoms with van der Waals surface area (Å²) in [6.45, 7) is 11.6. The molecule has 1 saturated carbocycles. The van der Waals surface area contributed by atoms with Crippen molar-refractivity contribution in [3.8, 4) is 0 Å². The van der Waals surface area contributed by atoms with Crippen molar-refractivity contribution in [3.63, 3.8) is 0 Å². The Morgan fingerprint density at radius 3 is 2.56 bits per heavy atom. The third-order valence-corrected chi connectivity index (χ3v) is 6.39. The van der Waals surface area contributed by atoms with Gasteiger partial charge < -0.3 is 5.32 Å². The average Bonchev–Trinajstić information content (AvgIpc) is 3.42. The van der Waals surface area contributed by atoms with Crippen molar-refractivity contribution >= 4 is 17.7 Å². The third kappa shape index (κ3) is 5.47. The zero-order valence-electron chi connectivity index (χ0n) is 15.8. The lowest BCUT2D eigenvalue weighted by Crippen LogP contribution is -2.54. The first-order chi connectivity index (χ1) is 12.0. The summed E-state index contributed by atoms with van der Waals surface area (Å²) in [4.78, 5) is 18.4. The largest absolute Gasteiger partial charge is 0.352 e. The Hall–Kier alpha value is -1.04. The zero-order chi connectivity index (χ0) is 17.8. The molecule has 3 rings (SSSR count). The predicted octanol–water partition coefficient (Wildman–Crippen LogP) is 2.68. The molecule has 5 heteroatoms. The van der Waals surface area contributed by atoms with E-state index in [-0.39, 0.29) is 11.9 Å². The number of hydrogen-bond donors (Lipinski definition) is 1. The zero-order valence-corrected chi connectivity index (χ0v) is 16.6. The van der Waals surface area contributed by atoms with Gasteiger partial charge in [0.2, 0.25) is 5.91 Å². The standard InChI is InChI=1S/C20H31N3OS/c1-15-4-7-19(14-16(15)2)25-13-12-22-8-10-23(11-9-22)17(3)20(24)21-18-5-6-18/h4,7,14,17-18H,5-6,8-13H2,1-3H3,(H,21,24)/t17-/m0/s1. The van der Waals surface area contributed by atoms with Crippen molar-refractivity contribution in [2.75, 3.05) is 38.5 Å². The molecule has 0 radical (unpaired) electrons. The van der Waals surface area contributed by atoms with E-state index in [1.54, 1.807) is 0 Å². The quantitative estimate of drug-likeness (QED) is 0.758. The van der Waals surface area contributed by atoms with Crippen LogP contribution in [0.25, 0.3) is 0 Å². The van der Waals surface area contributed by atoms with Gasteiger partial charge in [-0.1, -0.05) is 6.07 Å². The molecule has 2 aliphatic rings. The number of carbonyl (C=O) groups excluding carboxylic acids is 1. The highest BCUT2D eigenvalue weighted by atomic mass is 32.2. The van der Waals surface area contributed by atoms with Crippen LogP contribution in [0, 0.1) is 13.8 Å². The van der Waals surface area contributed by atoms with Crippen molar-refractivity contribution in [2.24, 2.45) is 0 Å². The van der Waals surface area contributed by atoms with Crippen LogP contribution in [-0.2, 0) is 4.79 Å². The summed E-state index contributed by atoms with van der Waals surface area (Å²) in [5, 5.41) is 3.13. The molecule has 2 fully saturated rings. The molecule has 4 nitrogen and oxygen atoms in total. The minimum Gasteiger partial charge on any atom is -0.352 e. The minimum atomic E-state index is 0.00709. The smallest absolute Gasteiger partial charge is 0.237 e. The lowest BCUT2D eigenvalue weighted by molar-refractivity contribution is -0.126. The number of amides is 1. The molecule has 1 aliphatic heterocycles. The van der Waals surface area contributed by atoms with E-state index in [0.717, 1.165) is 51.3 Å². The van der Waals surface area contributed by atoms with Gasteiger partial charge in [-0.25, -0.2) is 0 Å². The fourth-order valence-electron chi connectivity index (χ4n) is 3.19. The molecule has 0 aromatic heterocycles. The van der Waals surface area contributed by atoms with Crippen LogP contribution in [-0.4, -0.2) is 66.3 Å². The minimum absolute atomic E-state index is 0.00709. The second kappa shape index (κ2) is 8.56. The third-order valence-electron chi connectivity index (χ3n) is 5.41. The Labute approximate surface area is 156 Å². The van der Waals surface area contributed by atoms with Crippen molar-refractivity contribution < 1.29 is 4.79 Å². The van der Waals surface area contributed by atoms with Crippen LogP contribution in [0.15, 0.2) is 23.1 Å². The van der Waals surface area contributed by atoms with Gasteiger partial charge in [-0.3, -0.25) is 14.6 Å². The first-order valence-electron chi connectivity index (χ1n) is 9.50. The summed E-state index contributed by atoms with van der Waals surface area (Å²) in [7, 11) is 0. The van der Waals surface area contributed by atoms with Crippen molar-refractivity contribution in [1.82, 2.24) is 15.1 Å². The highest BCUT2D eigenvalue weighted by Crippen LogP contribution is 2.22. The van der Waals surface area contributed by atoms with E-state index in [4.69, 9.17) is 0 Å². The molecule has 25 heavy (non-hydrogen) atoms. The lowest BCUT2D eigenvalue weighted by atomic mass is 10.1. The van der Waals surface area contributed by atoms with Gasteiger partial charge in [0.15, 0.2) is 0 Å². The fraction of sp³-hybridized carbons (Fsp3) is 0.650. The predicted molar refractivity (Wildman–Crippen MR) is 105 cm³/mol. The van der Waals surface area contributed by atoms with Crippen molar-refractivity contribution in [3.05, 3.63) is 29.3 Å². The molecule has 0 unspecified atom stereocenters. The molecule has 138 valence electrons. The van der Waals surface area contributed by atoms with E-state index >= 15 is 0 Å². The Kier molecular flexibility index (Phi) is 6.42. The van der Waals surface area contributed by atoms with E-state index in [1.165, 1.54) is 16.0 Å². The number of nitrogens with zero attached hydrogens (tertiary/aromatic N) is 2. The van der Waals surface area contributed by atoms with Crippen LogP contribution in [0.1, 0.15) is 30.9 Å². The summed E-state index contributed by atoms with van der Waals surface area (Å²) in [5.74, 6) is 1.33. The molecule has 1 aromatic carbocycles. The number of carbonyl (C=O) groups is 1. The molecule has 0 bridgehead atoms. The van der Waals surface area contributed by atoms with Crippen LogP contribution in [0.4, 0.5) is 0 Å². The Morgan fingerprint density at radius 1 is 1.20 bits per heavy atom. The van der Waals surface area contributed by atoms with Crippen LogP contribution in [0.3, 0.4) is 0 Å². The highest BCUT2D eigenvalue weighted by molar-refractivity contribution is 7.99. The van der Waals surface area contributed by atoms with Gasteiger partial charge >= 0.3 is 0 Å². The summed E-state index contributed by atoms with van der Waals surface area (Å²) in [5.41, 5.74) is 2.73. The molecule has 1 atom stereocenters. The lowest BCUT2D eigenvalue weighted by Gasteiger charge is -2.37.